The highest BCUT2D eigenvalue weighted by Crippen LogP contribution is 2.42. The van der Waals surface area contributed by atoms with Crippen molar-refractivity contribution < 1.29 is 14.4 Å². The van der Waals surface area contributed by atoms with E-state index in [1.54, 1.807) is 48.5 Å². The average molecular weight is 669 g/mol. The Morgan fingerprint density at radius 2 is 1.58 bits per heavy atom. The van der Waals surface area contributed by atoms with Crippen LogP contribution in [0.2, 0.25) is 0 Å². The van der Waals surface area contributed by atoms with Crippen molar-refractivity contribution in [2.24, 2.45) is 0 Å². The summed E-state index contributed by atoms with van der Waals surface area (Å²) in [7, 11) is 0. The minimum Gasteiger partial charge on any atom is -0.321 e. The number of nitrogens with zero attached hydrogens (tertiary/aromatic N) is 1. The van der Waals surface area contributed by atoms with E-state index in [1.165, 1.54) is 33.5 Å². The number of fused-ring (bicyclic) bond motifs is 1. The quantitative estimate of drug-likeness (QED) is 0.103. The van der Waals surface area contributed by atoms with Gasteiger partial charge in [0.1, 0.15) is 16.8 Å². The van der Waals surface area contributed by atoms with Gasteiger partial charge in [-0.05, 0) is 78.3 Å². The van der Waals surface area contributed by atoms with E-state index in [9.17, 15) is 19.6 Å². The highest BCUT2D eigenvalue weighted by atomic mass is 32.2. The molecule has 238 valence electrons. The predicted molar refractivity (Wildman–Crippen MR) is 193 cm³/mol. The normalized spacial score (nSPS) is 13.9. The minimum atomic E-state index is -0.483. The Morgan fingerprint density at radius 1 is 0.875 bits per heavy atom. The first-order valence-corrected chi connectivity index (χ1v) is 17.3. The number of carbonyl (C=O) groups is 3. The Bertz CT molecular complexity index is 2000. The van der Waals surface area contributed by atoms with Gasteiger partial charge in [0.05, 0.1) is 11.3 Å². The number of nitrogens with one attached hydrogen (secondary N) is 3. The Labute approximate surface area is 287 Å². The number of hydrogen-bond acceptors (Lipinski definition) is 6. The topological polar surface area (TPSA) is 111 Å². The molecule has 6 rings (SSSR count). The van der Waals surface area contributed by atoms with Gasteiger partial charge in [0.15, 0.2) is 0 Å². The highest BCUT2D eigenvalue weighted by Gasteiger charge is 2.27. The number of amides is 3. The summed E-state index contributed by atoms with van der Waals surface area (Å²) in [5.74, 6) is -0.556. The Hall–Kier alpha value is -5.43. The summed E-state index contributed by atoms with van der Waals surface area (Å²) < 4.78 is 0. The molecule has 48 heavy (non-hydrogen) atoms. The molecule has 9 heteroatoms. The monoisotopic (exact) mass is 668 g/mol. The molecule has 1 aliphatic rings. The van der Waals surface area contributed by atoms with Crippen molar-refractivity contribution in [3.8, 4) is 6.07 Å². The number of thioether (sulfide) groups is 1. The lowest BCUT2D eigenvalue weighted by Crippen LogP contribution is -2.30. The molecule has 4 aromatic carbocycles. The molecule has 1 aliphatic carbocycles. The fraction of sp³-hybridized carbons (Fsp3) is 0.128. The summed E-state index contributed by atoms with van der Waals surface area (Å²) in [4.78, 5) is 41.3. The van der Waals surface area contributed by atoms with E-state index in [1.807, 2.05) is 48.5 Å². The van der Waals surface area contributed by atoms with E-state index in [-0.39, 0.29) is 17.4 Å². The maximum atomic E-state index is 13.4. The van der Waals surface area contributed by atoms with Crippen LogP contribution < -0.4 is 16.0 Å². The van der Waals surface area contributed by atoms with Crippen LogP contribution in [-0.4, -0.2) is 23.5 Å². The van der Waals surface area contributed by atoms with E-state index in [2.05, 4.69) is 46.3 Å². The van der Waals surface area contributed by atoms with Crippen LogP contribution in [0, 0.1) is 11.3 Å². The zero-order valence-corrected chi connectivity index (χ0v) is 27.6. The van der Waals surface area contributed by atoms with Crippen LogP contribution in [-0.2, 0) is 22.4 Å². The SMILES string of the molecule is N#Cc1c(NC(=O)CSc2cccc(NC(=O)/C(=C/c3ccccc3)NC(=O)c3ccccc3)c2)sc2c1CCC(c1ccccc1)C2. The summed E-state index contributed by atoms with van der Waals surface area (Å²) >= 11 is 2.83. The van der Waals surface area contributed by atoms with Crippen LogP contribution >= 0.6 is 23.1 Å². The zero-order chi connectivity index (χ0) is 33.3. The minimum absolute atomic E-state index is 0.0921. The number of carbonyl (C=O) groups excluding carboxylic acids is 3. The smallest absolute Gasteiger partial charge is 0.272 e. The fourth-order valence-electron chi connectivity index (χ4n) is 5.63. The third-order valence-corrected chi connectivity index (χ3v) is 10.2. The number of nitriles is 1. The number of thiophene rings is 1. The van der Waals surface area contributed by atoms with Gasteiger partial charge in [-0.3, -0.25) is 14.4 Å². The molecule has 3 N–H and O–H groups in total. The van der Waals surface area contributed by atoms with Crippen molar-refractivity contribution in [2.75, 3.05) is 16.4 Å². The Balaban J connectivity index is 1.09. The molecule has 1 unspecified atom stereocenters. The van der Waals surface area contributed by atoms with Gasteiger partial charge < -0.3 is 16.0 Å². The molecule has 1 atom stereocenters. The molecule has 0 bridgehead atoms. The van der Waals surface area contributed by atoms with Crippen LogP contribution in [0.4, 0.5) is 10.7 Å². The first-order valence-electron chi connectivity index (χ1n) is 15.5. The zero-order valence-electron chi connectivity index (χ0n) is 25.9. The lowest BCUT2D eigenvalue weighted by molar-refractivity contribution is -0.114. The van der Waals surface area contributed by atoms with Crippen molar-refractivity contribution in [2.45, 2.75) is 30.1 Å². The second-order valence-electron chi connectivity index (χ2n) is 11.3. The molecular formula is C39H32N4O3S2. The third kappa shape index (κ3) is 8.10. The lowest BCUT2D eigenvalue weighted by Gasteiger charge is -2.22. The number of anilines is 2. The van der Waals surface area contributed by atoms with Gasteiger partial charge in [-0.25, -0.2) is 0 Å². The van der Waals surface area contributed by atoms with Gasteiger partial charge in [-0.15, -0.1) is 23.1 Å². The summed E-state index contributed by atoms with van der Waals surface area (Å²) in [5, 5.41) is 19.1. The van der Waals surface area contributed by atoms with Crippen molar-refractivity contribution in [3.63, 3.8) is 0 Å². The second kappa shape index (κ2) is 15.4. The highest BCUT2D eigenvalue weighted by molar-refractivity contribution is 8.00. The van der Waals surface area contributed by atoms with Crippen LogP contribution in [0.25, 0.3) is 6.08 Å². The van der Waals surface area contributed by atoms with E-state index in [4.69, 9.17) is 0 Å². The van der Waals surface area contributed by atoms with Crippen LogP contribution in [0.3, 0.4) is 0 Å². The van der Waals surface area contributed by atoms with Crippen LogP contribution in [0.5, 0.6) is 0 Å². The molecular weight excluding hydrogens is 637 g/mol. The van der Waals surface area contributed by atoms with Gasteiger partial charge in [-0.2, -0.15) is 5.26 Å². The summed E-state index contributed by atoms with van der Waals surface area (Å²) in [5.41, 5.74) is 4.73. The molecule has 1 heterocycles. The summed E-state index contributed by atoms with van der Waals surface area (Å²) in [6.45, 7) is 0. The Kier molecular flexibility index (Phi) is 10.5. The van der Waals surface area contributed by atoms with E-state index < -0.39 is 11.8 Å². The van der Waals surface area contributed by atoms with Gasteiger partial charge in [-0.1, -0.05) is 84.9 Å². The molecule has 3 amide bonds. The second-order valence-corrected chi connectivity index (χ2v) is 13.4. The van der Waals surface area contributed by atoms with Crippen molar-refractivity contribution in [1.29, 1.82) is 5.26 Å². The number of hydrogen-bond donors (Lipinski definition) is 3. The van der Waals surface area contributed by atoms with Gasteiger partial charge in [0.25, 0.3) is 11.8 Å². The van der Waals surface area contributed by atoms with Crippen molar-refractivity contribution in [1.82, 2.24) is 5.32 Å². The molecule has 0 radical (unpaired) electrons. The molecule has 0 aliphatic heterocycles. The molecule has 0 spiro atoms. The molecule has 5 aromatic rings. The summed E-state index contributed by atoms with van der Waals surface area (Å²) in [6.07, 6.45) is 4.27. The van der Waals surface area contributed by atoms with Gasteiger partial charge in [0, 0.05) is 21.0 Å². The predicted octanol–water partition coefficient (Wildman–Crippen LogP) is 8.03. The molecule has 0 saturated heterocycles. The van der Waals surface area contributed by atoms with E-state index in [0.717, 1.165) is 35.3 Å². The Morgan fingerprint density at radius 3 is 2.31 bits per heavy atom. The van der Waals surface area contributed by atoms with Gasteiger partial charge in [0.2, 0.25) is 5.91 Å². The maximum absolute atomic E-state index is 13.4. The van der Waals surface area contributed by atoms with Crippen LogP contribution in [0.1, 0.15) is 49.8 Å². The average Bonchev–Trinajstić information content (AvgIpc) is 3.47. The van der Waals surface area contributed by atoms with Gasteiger partial charge >= 0.3 is 0 Å². The van der Waals surface area contributed by atoms with E-state index in [0.29, 0.717) is 27.7 Å². The third-order valence-electron chi connectivity index (χ3n) is 8.00. The molecule has 0 saturated carbocycles. The molecule has 7 nitrogen and oxygen atoms in total. The van der Waals surface area contributed by atoms with Crippen LogP contribution in [0.15, 0.2) is 126 Å². The fourth-order valence-corrected chi connectivity index (χ4v) is 7.68. The number of benzene rings is 4. The standard InChI is InChI=1S/C39H32N4O3S2/c40-24-33-32-20-19-29(27-13-6-2-7-14-27)22-35(32)48-39(33)43-36(44)25-47-31-18-10-17-30(23-31)41-38(46)34(21-26-11-4-1-5-12-26)42-37(45)28-15-8-3-9-16-28/h1-18,21,23,29H,19-20,22,25H2,(H,41,46)(H,42,45)(H,43,44)/b34-21-. The largest absolute Gasteiger partial charge is 0.321 e. The lowest BCUT2D eigenvalue weighted by atomic mass is 9.83. The first kappa shape index (κ1) is 32.5. The maximum Gasteiger partial charge on any atom is 0.272 e. The number of rotatable bonds is 10. The summed E-state index contributed by atoms with van der Waals surface area (Å²) in [6, 6.07) is 37.9. The molecule has 0 fully saturated rings. The first-order chi connectivity index (χ1) is 23.5. The van der Waals surface area contributed by atoms with Crippen molar-refractivity contribution in [3.05, 3.63) is 154 Å². The molecule has 1 aromatic heterocycles. The van der Waals surface area contributed by atoms with Crippen molar-refractivity contribution >= 4 is 57.6 Å². The van der Waals surface area contributed by atoms with E-state index >= 15 is 0 Å².